The Hall–Kier alpha value is -1.83. The van der Waals surface area contributed by atoms with Gasteiger partial charge in [0.1, 0.15) is 5.60 Å². The highest BCUT2D eigenvalue weighted by molar-refractivity contribution is 6.31. The molecule has 0 amide bonds. The summed E-state index contributed by atoms with van der Waals surface area (Å²) in [5.41, 5.74) is 0.378. The summed E-state index contributed by atoms with van der Waals surface area (Å²) in [4.78, 5) is 0. The molecular formula is C15H16ClN3O. The number of hydrogen-bond donors (Lipinski definition) is 1. The molecule has 0 saturated carbocycles. The van der Waals surface area contributed by atoms with Gasteiger partial charge in [-0.2, -0.15) is 10.4 Å². The maximum absolute atomic E-state index is 10.9. The van der Waals surface area contributed by atoms with E-state index in [1.54, 1.807) is 35.9 Å². The molecule has 1 unspecified atom stereocenters. The predicted molar refractivity (Wildman–Crippen MR) is 77.4 cm³/mol. The van der Waals surface area contributed by atoms with Crippen LogP contribution in [0.3, 0.4) is 0 Å². The number of nitrogens with zero attached hydrogens (tertiary/aromatic N) is 3. The van der Waals surface area contributed by atoms with Gasteiger partial charge in [-0.25, -0.2) is 0 Å². The lowest BCUT2D eigenvalue weighted by molar-refractivity contribution is 0.0915. The summed E-state index contributed by atoms with van der Waals surface area (Å²) in [7, 11) is 0. The molecule has 2 aromatic rings. The molecule has 0 radical (unpaired) electrons. The first-order valence-corrected chi connectivity index (χ1v) is 6.83. The maximum atomic E-state index is 10.9. The summed E-state index contributed by atoms with van der Waals surface area (Å²) >= 11 is 6.18. The van der Waals surface area contributed by atoms with Crippen LogP contribution < -0.4 is 0 Å². The van der Waals surface area contributed by atoms with E-state index in [4.69, 9.17) is 16.9 Å². The topological polar surface area (TPSA) is 61.8 Å². The van der Waals surface area contributed by atoms with Crippen molar-refractivity contribution in [1.82, 2.24) is 9.78 Å². The molecule has 0 aliphatic heterocycles. The fourth-order valence-corrected chi connectivity index (χ4v) is 2.58. The van der Waals surface area contributed by atoms with E-state index in [0.29, 0.717) is 28.4 Å². The second-order valence-electron chi connectivity index (χ2n) is 4.83. The highest BCUT2D eigenvalue weighted by Crippen LogP contribution is 2.34. The second-order valence-corrected chi connectivity index (χ2v) is 5.24. The zero-order valence-electron chi connectivity index (χ0n) is 11.5. The highest BCUT2D eigenvalue weighted by atomic mass is 35.5. The van der Waals surface area contributed by atoms with Crippen LogP contribution >= 0.6 is 11.6 Å². The third-order valence-corrected chi connectivity index (χ3v) is 3.52. The van der Waals surface area contributed by atoms with Gasteiger partial charge in [0, 0.05) is 6.54 Å². The normalized spacial score (nSPS) is 13.8. The number of aromatic nitrogens is 2. The van der Waals surface area contributed by atoms with Gasteiger partial charge in [0.05, 0.1) is 28.5 Å². The van der Waals surface area contributed by atoms with Gasteiger partial charge in [0.15, 0.2) is 0 Å². The Bertz CT molecular complexity index is 655. The molecule has 0 saturated heterocycles. The average Bonchev–Trinajstić information content (AvgIpc) is 2.81. The van der Waals surface area contributed by atoms with Crippen LogP contribution in [0, 0.1) is 11.3 Å². The van der Waals surface area contributed by atoms with Gasteiger partial charge in [-0.1, -0.05) is 30.7 Å². The van der Waals surface area contributed by atoms with Crippen molar-refractivity contribution in [2.24, 2.45) is 0 Å². The Labute approximate surface area is 123 Å². The van der Waals surface area contributed by atoms with E-state index in [1.165, 1.54) is 6.20 Å². The molecule has 1 N–H and O–H groups in total. The van der Waals surface area contributed by atoms with Crippen molar-refractivity contribution in [1.29, 1.82) is 5.26 Å². The lowest BCUT2D eigenvalue weighted by Crippen LogP contribution is -2.27. The molecule has 0 aliphatic rings. The summed E-state index contributed by atoms with van der Waals surface area (Å²) in [6.45, 7) is 4.37. The minimum absolute atomic E-state index is 0.422. The Morgan fingerprint density at radius 1 is 1.50 bits per heavy atom. The lowest BCUT2D eigenvalue weighted by Gasteiger charge is -2.25. The van der Waals surface area contributed by atoms with Gasteiger partial charge in [-0.05, 0) is 31.0 Å². The Morgan fingerprint density at radius 3 is 2.90 bits per heavy atom. The van der Waals surface area contributed by atoms with E-state index in [9.17, 15) is 5.11 Å². The lowest BCUT2D eigenvalue weighted by atomic mass is 9.91. The van der Waals surface area contributed by atoms with Crippen LogP contribution in [0.1, 0.15) is 37.1 Å². The fourth-order valence-electron chi connectivity index (χ4n) is 2.26. The van der Waals surface area contributed by atoms with Gasteiger partial charge in [0.25, 0.3) is 0 Å². The molecule has 0 bridgehead atoms. The highest BCUT2D eigenvalue weighted by Gasteiger charge is 2.32. The zero-order valence-corrected chi connectivity index (χ0v) is 12.2. The van der Waals surface area contributed by atoms with E-state index < -0.39 is 5.60 Å². The molecule has 5 heteroatoms. The van der Waals surface area contributed by atoms with E-state index in [0.717, 1.165) is 6.42 Å². The molecule has 1 aromatic carbocycles. The number of nitriles is 1. The van der Waals surface area contributed by atoms with Crippen LogP contribution in [-0.4, -0.2) is 14.9 Å². The van der Waals surface area contributed by atoms with Gasteiger partial charge in [-0.15, -0.1) is 0 Å². The molecule has 0 aliphatic carbocycles. The van der Waals surface area contributed by atoms with Crippen LogP contribution in [-0.2, 0) is 12.1 Å². The van der Waals surface area contributed by atoms with Crippen LogP contribution in [0.4, 0.5) is 0 Å². The molecule has 2 rings (SSSR count). The number of aliphatic hydroxyl groups is 1. The molecule has 104 valence electrons. The van der Waals surface area contributed by atoms with Crippen LogP contribution in [0.2, 0.25) is 5.02 Å². The van der Waals surface area contributed by atoms with Crippen molar-refractivity contribution in [3.05, 3.63) is 52.3 Å². The number of rotatable bonds is 4. The summed E-state index contributed by atoms with van der Waals surface area (Å²) in [5.74, 6) is 0. The van der Waals surface area contributed by atoms with Crippen molar-refractivity contribution < 1.29 is 5.11 Å². The monoisotopic (exact) mass is 289 g/mol. The third-order valence-electron chi connectivity index (χ3n) is 3.25. The van der Waals surface area contributed by atoms with Crippen molar-refractivity contribution in [2.45, 2.75) is 32.4 Å². The first-order valence-electron chi connectivity index (χ1n) is 6.45. The Balaban J connectivity index is 2.54. The minimum Gasteiger partial charge on any atom is -0.379 e. The standard InChI is InChI=1S/C15H16ClN3O/c1-3-7-19-14(13(16)10-18-19)15(2,20)12-6-4-5-11(8-12)9-17/h4-6,8,10,20H,3,7H2,1-2H3. The van der Waals surface area contributed by atoms with E-state index in [-0.39, 0.29) is 0 Å². The second kappa shape index (κ2) is 5.66. The first-order chi connectivity index (χ1) is 9.50. The number of hydrogen-bond acceptors (Lipinski definition) is 3. The van der Waals surface area contributed by atoms with Gasteiger partial charge in [-0.3, -0.25) is 4.68 Å². The quantitative estimate of drug-likeness (QED) is 0.941. The van der Waals surface area contributed by atoms with E-state index in [1.807, 2.05) is 6.92 Å². The first kappa shape index (κ1) is 14.6. The van der Waals surface area contributed by atoms with Crippen LogP contribution in [0.15, 0.2) is 30.5 Å². The third kappa shape index (κ3) is 2.55. The Morgan fingerprint density at radius 2 is 2.25 bits per heavy atom. The van der Waals surface area contributed by atoms with Crippen molar-refractivity contribution in [3.8, 4) is 6.07 Å². The smallest absolute Gasteiger partial charge is 0.130 e. The fraction of sp³-hybridized carbons (Fsp3) is 0.333. The average molecular weight is 290 g/mol. The molecule has 20 heavy (non-hydrogen) atoms. The molecule has 4 nitrogen and oxygen atoms in total. The number of benzene rings is 1. The van der Waals surface area contributed by atoms with Crippen LogP contribution in [0.5, 0.6) is 0 Å². The molecular weight excluding hydrogens is 274 g/mol. The summed E-state index contributed by atoms with van der Waals surface area (Å²) in [6, 6.07) is 8.96. The molecule has 1 aromatic heterocycles. The molecule has 1 atom stereocenters. The summed E-state index contributed by atoms with van der Waals surface area (Å²) < 4.78 is 1.71. The molecule has 1 heterocycles. The Kier molecular flexibility index (Phi) is 4.12. The van der Waals surface area contributed by atoms with E-state index >= 15 is 0 Å². The van der Waals surface area contributed by atoms with Crippen molar-refractivity contribution >= 4 is 11.6 Å². The summed E-state index contributed by atoms with van der Waals surface area (Å²) in [5, 5.41) is 24.5. The van der Waals surface area contributed by atoms with Gasteiger partial charge >= 0.3 is 0 Å². The van der Waals surface area contributed by atoms with Crippen molar-refractivity contribution in [3.63, 3.8) is 0 Å². The number of aryl methyl sites for hydroxylation is 1. The minimum atomic E-state index is -1.30. The van der Waals surface area contributed by atoms with Gasteiger partial charge in [0.2, 0.25) is 0 Å². The molecule has 0 spiro atoms. The zero-order chi connectivity index (χ0) is 14.8. The predicted octanol–water partition coefficient (Wildman–Crippen LogP) is 3.07. The SMILES string of the molecule is CCCn1ncc(Cl)c1C(C)(O)c1cccc(C#N)c1. The summed E-state index contributed by atoms with van der Waals surface area (Å²) in [6.07, 6.45) is 2.43. The van der Waals surface area contributed by atoms with Gasteiger partial charge < -0.3 is 5.11 Å². The van der Waals surface area contributed by atoms with Crippen molar-refractivity contribution in [2.75, 3.05) is 0 Å². The maximum Gasteiger partial charge on any atom is 0.130 e. The van der Waals surface area contributed by atoms with Crippen LogP contribution in [0.25, 0.3) is 0 Å². The molecule has 0 fully saturated rings. The largest absolute Gasteiger partial charge is 0.379 e. The number of halogens is 1. The van der Waals surface area contributed by atoms with E-state index in [2.05, 4.69) is 11.2 Å².